The van der Waals surface area contributed by atoms with Crippen molar-refractivity contribution in [2.75, 3.05) is 26.3 Å². The van der Waals surface area contributed by atoms with Crippen molar-refractivity contribution in [2.45, 2.75) is 51.9 Å². The number of aliphatic hydroxyl groups is 2. The lowest BCUT2D eigenvalue weighted by Crippen LogP contribution is -2.42. The van der Waals surface area contributed by atoms with E-state index in [1.54, 1.807) is 24.5 Å². The molecule has 6 rings (SSSR count). The van der Waals surface area contributed by atoms with E-state index in [0.29, 0.717) is 78.9 Å². The summed E-state index contributed by atoms with van der Waals surface area (Å²) in [6, 6.07) is 12.1. The van der Waals surface area contributed by atoms with Crippen LogP contribution in [0.1, 0.15) is 25.5 Å². The zero-order chi connectivity index (χ0) is 40.3. The van der Waals surface area contributed by atoms with E-state index >= 15 is 0 Å². The molecule has 294 valence electrons. The molecule has 16 nitrogen and oxygen atoms in total. The van der Waals surface area contributed by atoms with E-state index in [9.17, 15) is 39.6 Å². The average molecular weight is 808 g/mol. The van der Waals surface area contributed by atoms with Gasteiger partial charge in [0, 0.05) is 84.8 Å². The highest BCUT2D eigenvalue weighted by Crippen LogP contribution is 2.42. The minimum atomic E-state index is -1.19. The standard InChI is InChI=1S/C38H40Cl2N8O8/c1-3-31-43-47-17-21(15-29(47)35(51)45(31)13-11-41-27(19-49)37(53)54)23-7-5-9-25(33(23)39)26-10-6-8-24(34(26)40)22-16-30-36(52)46(32(4-2)44-48(30)18-22)14-12-42-28(20-50)38(55)56/h5-10,15-18,27-28,41-42,49-50H,3-4,11-14,19-20H2,1-2H3,(H,53,54)(H,55,56)/t27-,28-/m0/s1. The normalized spacial score (nSPS) is 12.8. The largest absolute Gasteiger partial charge is 0.480 e. The van der Waals surface area contributed by atoms with Crippen LogP contribution in [-0.4, -0.2) is 99.1 Å². The number of hydrogen-bond donors (Lipinski definition) is 6. The SMILES string of the molecule is CCc1nn2cc(-c3cccc(-c4cccc(-c5cc6c(=O)n(CCN[C@@H](CO)C(=O)O)c(CC)nn6c5)c4Cl)c3Cl)cc2c(=O)n1CCN[C@@H](CO)C(=O)O. The Balaban J connectivity index is 1.32. The number of aryl methyl sites for hydroxylation is 2. The van der Waals surface area contributed by atoms with Crippen LogP contribution in [0, 0.1) is 0 Å². The molecular formula is C38H40Cl2N8O8. The lowest BCUT2D eigenvalue weighted by atomic mass is 9.97. The second-order valence-corrected chi connectivity index (χ2v) is 13.7. The maximum atomic E-state index is 13.7. The van der Waals surface area contributed by atoms with Gasteiger partial charge in [-0.05, 0) is 12.1 Å². The number of halogens is 2. The summed E-state index contributed by atoms with van der Waals surface area (Å²) < 4.78 is 5.98. The molecule has 0 bridgehead atoms. The molecule has 0 saturated heterocycles. The van der Waals surface area contributed by atoms with Gasteiger partial charge in [0.25, 0.3) is 11.1 Å². The monoisotopic (exact) mass is 806 g/mol. The van der Waals surface area contributed by atoms with E-state index in [1.165, 1.54) is 18.2 Å². The minimum absolute atomic E-state index is 0.123. The third kappa shape index (κ3) is 7.84. The number of aliphatic carboxylic acids is 2. The molecule has 2 atom stereocenters. The van der Waals surface area contributed by atoms with Crippen LogP contribution in [0.4, 0.5) is 0 Å². The summed E-state index contributed by atoms with van der Waals surface area (Å²) in [6.07, 6.45) is 4.32. The Morgan fingerprint density at radius 1 is 0.679 bits per heavy atom. The van der Waals surface area contributed by atoms with E-state index in [2.05, 4.69) is 20.8 Å². The molecule has 0 amide bonds. The van der Waals surface area contributed by atoms with Gasteiger partial charge < -0.3 is 31.1 Å². The number of carboxylic acids is 2. The Kier molecular flexibility index (Phi) is 12.4. The maximum Gasteiger partial charge on any atom is 0.323 e. The predicted octanol–water partition coefficient (Wildman–Crippen LogP) is 2.81. The molecule has 56 heavy (non-hydrogen) atoms. The third-order valence-corrected chi connectivity index (χ3v) is 10.4. The number of benzene rings is 2. The fourth-order valence-corrected chi connectivity index (χ4v) is 7.30. The zero-order valence-corrected chi connectivity index (χ0v) is 32.0. The van der Waals surface area contributed by atoms with Gasteiger partial charge in [0.1, 0.15) is 34.8 Å². The fourth-order valence-electron chi connectivity index (χ4n) is 6.62. The van der Waals surface area contributed by atoms with Crippen molar-refractivity contribution in [3.8, 4) is 33.4 Å². The predicted molar refractivity (Wildman–Crippen MR) is 211 cm³/mol. The summed E-state index contributed by atoms with van der Waals surface area (Å²) in [5, 5.41) is 52.7. The van der Waals surface area contributed by atoms with Gasteiger partial charge in [0.05, 0.1) is 23.3 Å². The number of hydrogen-bond acceptors (Lipinski definition) is 10. The van der Waals surface area contributed by atoms with Crippen LogP contribution < -0.4 is 21.8 Å². The van der Waals surface area contributed by atoms with Crippen molar-refractivity contribution >= 4 is 46.2 Å². The Labute approximate surface area is 329 Å². The van der Waals surface area contributed by atoms with Crippen LogP contribution in [0.25, 0.3) is 44.4 Å². The van der Waals surface area contributed by atoms with Gasteiger partial charge >= 0.3 is 11.9 Å². The molecule has 0 saturated carbocycles. The van der Waals surface area contributed by atoms with E-state index in [1.807, 2.05) is 50.2 Å². The van der Waals surface area contributed by atoms with Gasteiger partial charge in [0.2, 0.25) is 0 Å². The van der Waals surface area contributed by atoms with Gasteiger partial charge in [-0.2, -0.15) is 10.2 Å². The summed E-state index contributed by atoms with van der Waals surface area (Å²) in [5.41, 5.74) is 3.73. The van der Waals surface area contributed by atoms with Crippen LogP contribution in [-0.2, 0) is 35.5 Å². The van der Waals surface area contributed by atoms with Crippen molar-refractivity contribution in [3.63, 3.8) is 0 Å². The fraction of sp³-hybridized carbons (Fsp3) is 0.316. The quantitative estimate of drug-likeness (QED) is 0.0785. The van der Waals surface area contributed by atoms with Gasteiger partial charge in [0.15, 0.2) is 0 Å². The number of nitrogens with one attached hydrogen (secondary N) is 2. The highest BCUT2D eigenvalue weighted by Gasteiger charge is 2.21. The topological polar surface area (TPSA) is 218 Å². The first-order valence-electron chi connectivity index (χ1n) is 17.9. The van der Waals surface area contributed by atoms with Crippen LogP contribution in [0.2, 0.25) is 10.0 Å². The average Bonchev–Trinajstić information content (AvgIpc) is 3.81. The van der Waals surface area contributed by atoms with Gasteiger partial charge in [-0.25, -0.2) is 9.03 Å². The Morgan fingerprint density at radius 3 is 1.39 bits per heavy atom. The zero-order valence-electron chi connectivity index (χ0n) is 30.4. The molecule has 6 aromatic rings. The number of rotatable bonds is 17. The van der Waals surface area contributed by atoms with Crippen molar-refractivity contribution < 1.29 is 30.0 Å². The number of aromatic nitrogens is 6. The second kappa shape index (κ2) is 17.2. The molecular weight excluding hydrogens is 767 g/mol. The Bertz CT molecular complexity index is 2390. The van der Waals surface area contributed by atoms with Gasteiger partial charge in [-0.1, -0.05) is 73.4 Å². The second-order valence-electron chi connectivity index (χ2n) is 13.0. The van der Waals surface area contributed by atoms with Crippen LogP contribution in [0.5, 0.6) is 0 Å². The molecule has 2 aromatic carbocycles. The molecule has 0 aliphatic heterocycles. The van der Waals surface area contributed by atoms with Crippen LogP contribution in [0.3, 0.4) is 0 Å². The third-order valence-electron chi connectivity index (χ3n) is 9.55. The smallest absolute Gasteiger partial charge is 0.323 e. The highest BCUT2D eigenvalue weighted by atomic mass is 35.5. The summed E-state index contributed by atoms with van der Waals surface area (Å²) in [7, 11) is 0. The van der Waals surface area contributed by atoms with Crippen molar-refractivity contribution in [1.29, 1.82) is 0 Å². The maximum absolute atomic E-state index is 13.7. The Hall–Kier alpha value is -5.36. The lowest BCUT2D eigenvalue weighted by Gasteiger charge is -2.14. The van der Waals surface area contributed by atoms with Crippen molar-refractivity contribution in [1.82, 2.24) is 39.0 Å². The lowest BCUT2D eigenvalue weighted by molar-refractivity contribution is -0.141. The molecule has 4 aromatic heterocycles. The van der Waals surface area contributed by atoms with E-state index in [-0.39, 0.29) is 37.3 Å². The number of fused-ring (bicyclic) bond motifs is 2. The first-order valence-corrected chi connectivity index (χ1v) is 18.6. The highest BCUT2D eigenvalue weighted by molar-refractivity contribution is 6.39. The Morgan fingerprint density at radius 2 is 1.05 bits per heavy atom. The first-order chi connectivity index (χ1) is 26.9. The molecule has 4 heterocycles. The first kappa shape index (κ1) is 40.3. The van der Waals surface area contributed by atoms with Crippen LogP contribution in [0.15, 0.2) is 70.5 Å². The molecule has 0 radical (unpaired) electrons. The molecule has 0 unspecified atom stereocenters. The molecule has 0 spiro atoms. The molecule has 18 heteroatoms. The summed E-state index contributed by atoms with van der Waals surface area (Å²) in [4.78, 5) is 49.9. The number of nitrogens with zero attached hydrogens (tertiary/aromatic N) is 6. The van der Waals surface area contributed by atoms with E-state index in [4.69, 9.17) is 23.2 Å². The molecule has 0 aliphatic carbocycles. The summed E-state index contributed by atoms with van der Waals surface area (Å²) in [5.74, 6) is -1.40. The van der Waals surface area contributed by atoms with Crippen LogP contribution >= 0.6 is 23.2 Å². The number of carboxylic acid groups (broad SMARTS) is 2. The van der Waals surface area contributed by atoms with E-state index in [0.717, 1.165) is 0 Å². The van der Waals surface area contributed by atoms with Gasteiger partial charge in [-0.15, -0.1) is 0 Å². The number of aliphatic hydroxyl groups excluding tert-OH is 2. The summed E-state index contributed by atoms with van der Waals surface area (Å²) >= 11 is 14.2. The van der Waals surface area contributed by atoms with Crippen molar-refractivity contribution in [2.24, 2.45) is 0 Å². The molecule has 0 aliphatic rings. The number of carbonyl (C=O) groups is 2. The minimum Gasteiger partial charge on any atom is -0.480 e. The van der Waals surface area contributed by atoms with E-state index < -0.39 is 37.2 Å². The van der Waals surface area contributed by atoms with Crippen molar-refractivity contribution in [3.05, 3.63) is 103 Å². The molecule has 0 fully saturated rings. The van der Waals surface area contributed by atoms with Gasteiger partial charge in [-0.3, -0.25) is 28.3 Å². The molecule has 6 N–H and O–H groups in total. The summed E-state index contributed by atoms with van der Waals surface area (Å²) in [6.45, 7) is 3.07.